The van der Waals surface area contributed by atoms with Crippen LogP contribution in [0, 0.1) is 5.92 Å². The Morgan fingerprint density at radius 2 is 1.88 bits per heavy atom. The Hall–Kier alpha value is -2.76. The highest BCUT2D eigenvalue weighted by atomic mass is 16.5. The van der Waals surface area contributed by atoms with Crippen molar-refractivity contribution in [1.29, 1.82) is 0 Å². The van der Waals surface area contributed by atoms with E-state index in [4.69, 9.17) is 9.15 Å². The molecule has 0 aliphatic carbocycles. The fourth-order valence-electron chi connectivity index (χ4n) is 2.83. The number of ether oxygens (including phenoxy) is 1. The van der Waals surface area contributed by atoms with Crippen LogP contribution in [0.2, 0.25) is 0 Å². The molecule has 1 aromatic heterocycles. The monoisotopic (exact) mass is 328 g/mol. The van der Waals surface area contributed by atoms with E-state index in [-0.39, 0.29) is 17.7 Å². The Balaban J connectivity index is 1.52. The molecule has 0 bridgehead atoms. The molecular weight excluding hydrogens is 308 g/mol. The topological polar surface area (TPSA) is 71.8 Å². The van der Waals surface area contributed by atoms with Gasteiger partial charge in [-0.15, -0.1) is 0 Å². The zero-order valence-corrected chi connectivity index (χ0v) is 13.5. The van der Waals surface area contributed by atoms with Gasteiger partial charge in [-0.05, 0) is 43.2 Å². The minimum absolute atomic E-state index is 0.00410. The molecule has 1 aliphatic heterocycles. The zero-order chi connectivity index (χ0) is 16.9. The molecule has 0 saturated carbocycles. The van der Waals surface area contributed by atoms with Crippen molar-refractivity contribution >= 4 is 17.5 Å². The number of hydrogen-bond acceptors (Lipinski definition) is 4. The van der Waals surface area contributed by atoms with Gasteiger partial charge in [-0.25, -0.2) is 0 Å². The summed E-state index contributed by atoms with van der Waals surface area (Å²) >= 11 is 0. The molecule has 3 rings (SSSR count). The number of carbonyl (C=O) groups is 2. The first-order chi connectivity index (χ1) is 11.7. The Kier molecular flexibility index (Phi) is 4.84. The van der Waals surface area contributed by atoms with Gasteiger partial charge in [0, 0.05) is 24.7 Å². The number of nitrogens with zero attached hydrogens (tertiary/aromatic N) is 1. The first-order valence-corrected chi connectivity index (χ1v) is 7.94. The maximum absolute atomic E-state index is 12.4. The molecule has 1 N–H and O–H groups in total. The van der Waals surface area contributed by atoms with Gasteiger partial charge in [0.2, 0.25) is 5.91 Å². The minimum Gasteiger partial charge on any atom is -0.497 e. The quantitative estimate of drug-likeness (QED) is 0.937. The molecular formula is C18H20N2O4. The largest absolute Gasteiger partial charge is 0.497 e. The van der Waals surface area contributed by atoms with Crippen molar-refractivity contribution < 1.29 is 18.7 Å². The molecule has 6 heteroatoms. The Morgan fingerprint density at radius 1 is 1.17 bits per heavy atom. The highest BCUT2D eigenvalue weighted by molar-refractivity contribution is 5.95. The number of rotatable bonds is 4. The van der Waals surface area contributed by atoms with Crippen LogP contribution in [-0.2, 0) is 4.79 Å². The molecule has 1 aliphatic rings. The molecule has 1 aromatic carbocycles. The lowest BCUT2D eigenvalue weighted by atomic mass is 9.95. The van der Waals surface area contributed by atoms with Crippen LogP contribution >= 0.6 is 0 Å². The van der Waals surface area contributed by atoms with Crippen LogP contribution in [0.15, 0.2) is 47.3 Å². The van der Waals surface area contributed by atoms with Crippen LogP contribution in [0.25, 0.3) is 0 Å². The number of hydrogen-bond donors (Lipinski definition) is 1. The number of amides is 2. The van der Waals surface area contributed by atoms with Gasteiger partial charge in [-0.2, -0.15) is 0 Å². The Bertz CT molecular complexity index is 686. The molecule has 0 radical (unpaired) electrons. The van der Waals surface area contributed by atoms with Crippen LogP contribution in [0.5, 0.6) is 5.75 Å². The first-order valence-electron chi connectivity index (χ1n) is 7.94. The number of carbonyl (C=O) groups excluding carboxylic acids is 2. The van der Waals surface area contributed by atoms with Crippen LogP contribution in [-0.4, -0.2) is 36.9 Å². The average Bonchev–Trinajstić information content (AvgIpc) is 3.16. The van der Waals surface area contributed by atoms with E-state index in [1.54, 1.807) is 18.1 Å². The maximum Gasteiger partial charge on any atom is 0.257 e. The lowest BCUT2D eigenvalue weighted by Gasteiger charge is -2.31. The highest BCUT2D eigenvalue weighted by Crippen LogP contribution is 2.22. The van der Waals surface area contributed by atoms with E-state index in [0.717, 1.165) is 11.4 Å². The Labute approximate surface area is 140 Å². The first kappa shape index (κ1) is 16.1. The number of benzene rings is 1. The van der Waals surface area contributed by atoms with Gasteiger partial charge in [-0.3, -0.25) is 9.59 Å². The van der Waals surface area contributed by atoms with Gasteiger partial charge in [0.1, 0.15) is 12.0 Å². The third-order valence-electron chi connectivity index (χ3n) is 4.28. The third-order valence-corrected chi connectivity index (χ3v) is 4.28. The fourth-order valence-corrected chi connectivity index (χ4v) is 2.83. The summed E-state index contributed by atoms with van der Waals surface area (Å²) in [7, 11) is 1.60. The van der Waals surface area contributed by atoms with Crippen molar-refractivity contribution in [1.82, 2.24) is 4.90 Å². The van der Waals surface area contributed by atoms with Crippen LogP contribution in [0.3, 0.4) is 0 Å². The number of piperidine rings is 1. The predicted octanol–water partition coefficient (Wildman–Crippen LogP) is 2.78. The molecule has 1 fully saturated rings. The summed E-state index contributed by atoms with van der Waals surface area (Å²) in [4.78, 5) is 26.4. The second kappa shape index (κ2) is 7.21. The lowest BCUT2D eigenvalue weighted by molar-refractivity contribution is -0.121. The summed E-state index contributed by atoms with van der Waals surface area (Å²) in [5, 5.41) is 2.92. The predicted molar refractivity (Wildman–Crippen MR) is 89.0 cm³/mol. The fraction of sp³-hybridized carbons (Fsp3) is 0.333. The summed E-state index contributed by atoms with van der Waals surface area (Å²) in [5.41, 5.74) is 1.30. The van der Waals surface area contributed by atoms with Gasteiger partial charge in [0.25, 0.3) is 5.91 Å². The number of likely N-dealkylation sites (tertiary alicyclic amines) is 1. The number of furan rings is 1. The van der Waals surface area contributed by atoms with E-state index in [1.807, 2.05) is 24.3 Å². The van der Waals surface area contributed by atoms with Crippen molar-refractivity contribution in [3.05, 3.63) is 48.4 Å². The second-order valence-electron chi connectivity index (χ2n) is 5.80. The van der Waals surface area contributed by atoms with E-state index in [9.17, 15) is 9.59 Å². The van der Waals surface area contributed by atoms with Gasteiger partial charge < -0.3 is 19.4 Å². The van der Waals surface area contributed by atoms with Crippen molar-refractivity contribution in [3.63, 3.8) is 0 Å². The molecule has 2 heterocycles. The third kappa shape index (κ3) is 3.59. The molecule has 24 heavy (non-hydrogen) atoms. The normalized spacial score (nSPS) is 15.1. The van der Waals surface area contributed by atoms with E-state index in [1.165, 1.54) is 12.5 Å². The smallest absolute Gasteiger partial charge is 0.257 e. The van der Waals surface area contributed by atoms with Gasteiger partial charge in [-0.1, -0.05) is 0 Å². The van der Waals surface area contributed by atoms with E-state index in [2.05, 4.69) is 5.32 Å². The summed E-state index contributed by atoms with van der Waals surface area (Å²) in [6.45, 7) is 1.15. The summed E-state index contributed by atoms with van der Waals surface area (Å²) < 4.78 is 10.0. The van der Waals surface area contributed by atoms with E-state index in [0.29, 0.717) is 31.5 Å². The second-order valence-corrected chi connectivity index (χ2v) is 5.80. The molecule has 2 aromatic rings. The molecule has 0 unspecified atom stereocenters. The summed E-state index contributed by atoms with van der Waals surface area (Å²) in [5.74, 6) is 0.618. The standard InChI is InChI=1S/C18H20N2O4/c1-23-16-4-2-15(3-5-16)19-17(21)13-6-9-20(10-7-13)18(22)14-8-11-24-12-14/h2-5,8,11-13H,6-7,9-10H2,1H3,(H,19,21). The molecule has 0 atom stereocenters. The van der Waals surface area contributed by atoms with Crippen molar-refractivity contribution in [3.8, 4) is 5.75 Å². The van der Waals surface area contributed by atoms with Gasteiger partial charge in [0.15, 0.2) is 0 Å². The van der Waals surface area contributed by atoms with E-state index >= 15 is 0 Å². The minimum atomic E-state index is -0.0829. The van der Waals surface area contributed by atoms with Crippen LogP contribution in [0.4, 0.5) is 5.69 Å². The Morgan fingerprint density at radius 3 is 2.46 bits per heavy atom. The molecule has 1 saturated heterocycles. The number of methoxy groups -OCH3 is 1. The summed E-state index contributed by atoms with van der Waals surface area (Å²) in [6.07, 6.45) is 4.25. The van der Waals surface area contributed by atoms with Crippen LogP contribution in [0.1, 0.15) is 23.2 Å². The van der Waals surface area contributed by atoms with E-state index < -0.39 is 0 Å². The number of anilines is 1. The lowest BCUT2D eigenvalue weighted by Crippen LogP contribution is -2.41. The van der Waals surface area contributed by atoms with Crippen molar-refractivity contribution in [2.45, 2.75) is 12.8 Å². The molecule has 126 valence electrons. The highest BCUT2D eigenvalue weighted by Gasteiger charge is 2.28. The van der Waals surface area contributed by atoms with Crippen LogP contribution < -0.4 is 10.1 Å². The van der Waals surface area contributed by atoms with Gasteiger partial charge in [0.05, 0.1) is 18.9 Å². The zero-order valence-electron chi connectivity index (χ0n) is 13.5. The van der Waals surface area contributed by atoms with Gasteiger partial charge >= 0.3 is 0 Å². The van der Waals surface area contributed by atoms with Crippen molar-refractivity contribution in [2.24, 2.45) is 5.92 Å². The van der Waals surface area contributed by atoms with Crippen molar-refractivity contribution in [2.75, 3.05) is 25.5 Å². The summed E-state index contributed by atoms with van der Waals surface area (Å²) in [6, 6.07) is 8.90. The average molecular weight is 328 g/mol. The number of nitrogens with one attached hydrogen (secondary N) is 1. The maximum atomic E-state index is 12.4. The molecule has 2 amide bonds. The SMILES string of the molecule is COc1ccc(NC(=O)C2CCN(C(=O)c3ccoc3)CC2)cc1. The molecule has 0 spiro atoms. The molecule has 6 nitrogen and oxygen atoms in total.